The number of aryl methyl sites for hydroxylation is 1. The van der Waals surface area contributed by atoms with Crippen LogP contribution in [-0.4, -0.2) is 21.5 Å². The molecule has 96 valence electrons. The molecule has 0 spiro atoms. The van der Waals surface area contributed by atoms with Gasteiger partial charge in [0.25, 0.3) is 0 Å². The van der Waals surface area contributed by atoms with E-state index >= 15 is 0 Å². The number of aliphatic hydroxyl groups excluding tert-OH is 1. The molecule has 1 aromatic heterocycles. The van der Waals surface area contributed by atoms with Gasteiger partial charge in [-0.3, -0.25) is 4.68 Å². The largest absolute Gasteiger partial charge is 0.493 e. The highest BCUT2D eigenvalue weighted by Crippen LogP contribution is 2.24. The SMILES string of the molecule is Cn1ncc(Br)c1C(O)CCOc1ccccc1. The van der Waals surface area contributed by atoms with E-state index in [0.717, 1.165) is 15.9 Å². The number of benzene rings is 1. The molecule has 5 heteroatoms. The first-order valence-corrected chi connectivity index (χ1v) is 6.51. The average molecular weight is 311 g/mol. The van der Waals surface area contributed by atoms with Crippen molar-refractivity contribution in [3.63, 3.8) is 0 Å². The molecule has 1 heterocycles. The summed E-state index contributed by atoms with van der Waals surface area (Å²) in [6.07, 6.45) is 1.61. The third kappa shape index (κ3) is 3.11. The van der Waals surface area contributed by atoms with Gasteiger partial charge in [0.1, 0.15) is 5.75 Å². The summed E-state index contributed by atoms with van der Waals surface area (Å²) in [4.78, 5) is 0. The maximum absolute atomic E-state index is 10.1. The summed E-state index contributed by atoms with van der Waals surface area (Å²) >= 11 is 3.37. The van der Waals surface area contributed by atoms with Gasteiger partial charge < -0.3 is 9.84 Å². The normalized spacial score (nSPS) is 12.4. The summed E-state index contributed by atoms with van der Waals surface area (Å²) in [6, 6.07) is 9.57. The predicted octanol–water partition coefficient (Wildman–Crippen LogP) is 2.69. The van der Waals surface area contributed by atoms with Crippen LogP contribution < -0.4 is 4.74 Å². The van der Waals surface area contributed by atoms with E-state index in [1.165, 1.54) is 0 Å². The van der Waals surface area contributed by atoms with Gasteiger partial charge in [-0.2, -0.15) is 5.10 Å². The Kier molecular flexibility index (Phi) is 4.38. The second-order valence-corrected chi connectivity index (χ2v) is 4.82. The number of halogens is 1. The highest BCUT2D eigenvalue weighted by Gasteiger charge is 2.15. The molecule has 2 aromatic rings. The molecular formula is C13H15BrN2O2. The molecule has 1 atom stereocenters. The van der Waals surface area contributed by atoms with Crippen molar-refractivity contribution in [2.45, 2.75) is 12.5 Å². The molecule has 0 radical (unpaired) electrons. The zero-order chi connectivity index (χ0) is 13.0. The number of rotatable bonds is 5. The van der Waals surface area contributed by atoms with Crippen molar-refractivity contribution in [2.75, 3.05) is 6.61 Å². The monoisotopic (exact) mass is 310 g/mol. The minimum absolute atomic E-state index is 0.461. The molecular weight excluding hydrogens is 296 g/mol. The fourth-order valence-electron chi connectivity index (χ4n) is 1.74. The molecule has 0 bridgehead atoms. The van der Waals surface area contributed by atoms with E-state index in [0.29, 0.717) is 13.0 Å². The standard InChI is InChI=1S/C13H15BrN2O2/c1-16-13(11(14)9-15-16)12(17)7-8-18-10-5-3-2-4-6-10/h2-6,9,12,17H,7-8H2,1H3. The maximum Gasteiger partial charge on any atom is 0.119 e. The summed E-state index contributed by atoms with van der Waals surface area (Å²) in [5.41, 5.74) is 0.770. The average Bonchev–Trinajstić information content (AvgIpc) is 2.70. The zero-order valence-corrected chi connectivity index (χ0v) is 11.7. The maximum atomic E-state index is 10.1. The molecule has 18 heavy (non-hydrogen) atoms. The van der Waals surface area contributed by atoms with Gasteiger partial charge in [-0.25, -0.2) is 0 Å². The van der Waals surface area contributed by atoms with E-state index in [1.807, 2.05) is 30.3 Å². The van der Waals surface area contributed by atoms with Crippen LogP contribution in [0.3, 0.4) is 0 Å². The van der Waals surface area contributed by atoms with Crippen molar-refractivity contribution < 1.29 is 9.84 Å². The van der Waals surface area contributed by atoms with Crippen molar-refractivity contribution in [3.8, 4) is 5.75 Å². The van der Waals surface area contributed by atoms with Crippen LogP contribution in [0.2, 0.25) is 0 Å². The van der Waals surface area contributed by atoms with Gasteiger partial charge in [0.2, 0.25) is 0 Å². The van der Waals surface area contributed by atoms with E-state index in [-0.39, 0.29) is 0 Å². The first-order valence-electron chi connectivity index (χ1n) is 5.72. The highest BCUT2D eigenvalue weighted by atomic mass is 79.9. The van der Waals surface area contributed by atoms with Crippen molar-refractivity contribution in [2.24, 2.45) is 7.05 Å². The summed E-state index contributed by atoms with van der Waals surface area (Å²) < 4.78 is 8.03. The van der Waals surface area contributed by atoms with Crippen LogP contribution in [0.15, 0.2) is 41.0 Å². The van der Waals surface area contributed by atoms with E-state index in [4.69, 9.17) is 4.74 Å². The number of hydrogen-bond acceptors (Lipinski definition) is 3. The second-order valence-electron chi connectivity index (χ2n) is 3.97. The number of aliphatic hydroxyl groups is 1. The summed E-state index contributed by atoms with van der Waals surface area (Å²) in [5, 5.41) is 14.2. The lowest BCUT2D eigenvalue weighted by Crippen LogP contribution is -2.10. The molecule has 0 aliphatic rings. The Morgan fingerprint density at radius 3 is 2.72 bits per heavy atom. The molecule has 1 N–H and O–H groups in total. The van der Waals surface area contributed by atoms with Crippen molar-refractivity contribution in [1.29, 1.82) is 0 Å². The number of aromatic nitrogens is 2. The second kappa shape index (κ2) is 6.02. The lowest BCUT2D eigenvalue weighted by atomic mass is 10.2. The smallest absolute Gasteiger partial charge is 0.119 e. The van der Waals surface area contributed by atoms with Crippen LogP contribution in [0.25, 0.3) is 0 Å². The lowest BCUT2D eigenvalue weighted by molar-refractivity contribution is 0.132. The van der Waals surface area contributed by atoms with E-state index < -0.39 is 6.10 Å². The first-order chi connectivity index (χ1) is 8.68. The molecule has 0 amide bonds. The minimum Gasteiger partial charge on any atom is -0.493 e. The van der Waals surface area contributed by atoms with Gasteiger partial charge in [0, 0.05) is 13.5 Å². The predicted molar refractivity (Wildman–Crippen MR) is 72.4 cm³/mol. The van der Waals surface area contributed by atoms with Crippen LogP contribution in [0.1, 0.15) is 18.2 Å². The Morgan fingerprint density at radius 2 is 2.11 bits per heavy atom. The van der Waals surface area contributed by atoms with Crippen LogP contribution in [-0.2, 0) is 7.05 Å². The van der Waals surface area contributed by atoms with Gasteiger partial charge >= 0.3 is 0 Å². The van der Waals surface area contributed by atoms with Crippen molar-refractivity contribution in [3.05, 3.63) is 46.7 Å². The molecule has 0 fully saturated rings. The fraction of sp³-hybridized carbons (Fsp3) is 0.308. The quantitative estimate of drug-likeness (QED) is 0.923. The molecule has 4 nitrogen and oxygen atoms in total. The lowest BCUT2D eigenvalue weighted by Gasteiger charge is -2.12. The van der Waals surface area contributed by atoms with Crippen LogP contribution in [0, 0.1) is 0 Å². The van der Waals surface area contributed by atoms with Gasteiger partial charge in [-0.05, 0) is 28.1 Å². The molecule has 0 saturated carbocycles. The third-order valence-electron chi connectivity index (χ3n) is 2.66. The van der Waals surface area contributed by atoms with E-state index in [1.54, 1.807) is 17.9 Å². The van der Waals surface area contributed by atoms with Gasteiger partial charge in [0.15, 0.2) is 0 Å². The van der Waals surface area contributed by atoms with E-state index in [2.05, 4.69) is 21.0 Å². The molecule has 0 aliphatic carbocycles. The molecule has 0 aliphatic heterocycles. The molecule has 1 aromatic carbocycles. The van der Waals surface area contributed by atoms with Crippen molar-refractivity contribution in [1.82, 2.24) is 9.78 Å². The Balaban J connectivity index is 1.88. The Morgan fingerprint density at radius 1 is 1.39 bits per heavy atom. The zero-order valence-electron chi connectivity index (χ0n) is 10.1. The summed E-state index contributed by atoms with van der Waals surface area (Å²) in [6.45, 7) is 0.461. The molecule has 2 rings (SSSR count). The number of hydrogen-bond donors (Lipinski definition) is 1. The number of para-hydroxylation sites is 1. The Hall–Kier alpha value is -1.33. The fourth-order valence-corrected chi connectivity index (χ4v) is 2.35. The first kappa shape index (κ1) is 13.1. The third-order valence-corrected chi connectivity index (χ3v) is 3.27. The summed E-state index contributed by atoms with van der Waals surface area (Å²) in [7, 11) is 1.81. The van der Waals surface area contributed by atoms with E-state index in [9.17, 15) is 5.11 Å². The van der Waals surface area contributed by atoms with Gasteiger partial charge in [-0.1, -0.05) is 18.2 Å². The molecule has 1 unspecified atom stereocenters. The summed E-state index contributed by atoms with van der Waals surface area (Å²) in [5.74, 6) is 0.814. The van der Waals surface area contributed by atoms with Crippen LogP contribution >= 0.6 is 15.9 Å². The van der Waals surface area contributed by atoms with Crippen molar-refractivity contribution >= 4 is 15.9 Å². The Labute approximate surface area is 114 Å². The van der Waals surface area contributed by atoms with Crippen LogP contribution in [0.4, 0.5) is 0 Å². The number of ether oxygens (including phenoxy) is 1. The van der Waals surface area contributed by atoms with Gasteiger partial charge in [-0.15, -0.1) is 0 Å². The molecule has 0 saturated heterocycles. The minimum atomic E-state index is -0.587. The number of nitrogens with zero attached hydrogens (tertiary/aromatic N) is 2. The van der Waals surface area contributed by atoms with Gasteiger partial charge in [0.05, 0.1) is 29.1 Å². The van der Waals surface area contributed by atoms with Crippen LogP contribution in [0.5, 0.6) is 5.75 Å². The Bertz CT molecular complexity index is 479. The topological polar surface area (TPSA) is 47.3 Å². The highest BCUT2D eigenvalue weighted by molar-refractivity contribution is 9.10.